The third-order valence-corrected chi connectivity index (χ3v) is 4.43. The number of alkyl halides is 3. The van der Waals surface area contributed by atoms with Gasteiger partial charge in [0.1, 0.15) is 5.82 Å². The number of nitrogens with one attached hydrogen (secondary N) is 1. The zero-order valence-electron chi connectivity index (χ0n) is 14.6. The van der Waals surface area contributed by atoms with Crippen LogP contribution in [-0.2, 0) is 11.0 Å². The summed E-state index contributed by atoms with van der Waals surface area (Å²) in [7, 11) is 0. The molecule has 1 aliphatic heterocycles. The molecule has 1 N–H and O–H groups in total. The van der Waals surface area contributed by atoms with Crippen LogP contribution in [0.5, 0.6) is 0 Å². The number of nitrogens with zero attached hydrogens (tertiary/aromatic N) is 3. The van der Waals surface area contributed by atoms with Gasteiger partial charge in [-0.25, -0.2) is 9.24 Å². The topological polar surface area (TPSA) is 58.2 Å². The smallest absolute Gasteiger partial charge is 0.324 e. The molecule has 1 amide bonds. The fourth-order valence-electron chi connectivity index (χ4n) is 2.87. The zero-order valence-corrected chi connectivity index (χ0v) is 14.6. The Balaban J connectivity index is 1.77. The molecular formula is C19H14F4N4O. The molecule has 0 radical (unpaired) electrons. The lowest BCUT2D eigenvalue weighted by molar-refractivity contribution is -0.136. The van der Waals surface area contributed by atoms with E-state index >= 15 is 0 Å². The van der Waals surface area contributed by atoms with E-state index in [-0.39, 0.29) is 12.1 Å². The van der Waals surface area contributed by atoms with Gasteiger partial charge in [0.2, 0.25) is 0 Å². The van der Waals surface area contributed by atoms with Crippen molar-refractivity contribution in [1.29, 1.82) is 0 Å². The molecule has 3 rings (SSSR count). The molecular weight excluding hydrogens is 376 g/mol. The molecule has 2 aromatic rings. The maximum Gasteiger partial charge on any atom is 0.407 e. The summed E-state index contributed by atoms with van der Waals surface area (Å²) in [5.41, 5.74) is -2.36. The molecule has 0 fully saturated rings. The van der Waals surface area contributed by atoms with Crippen molar-refractivity contribution in [1.82, 2.24) is 0 Å². The fourth-order valence-corrected chi connectivity index (χ4v) is 2.87. The first-order valence-electron chi connectivity index (χ1n) is 8.20. The molecule has 28 heavy (non-hydrogen) atoms. The number of carbonyl (C=O) groups excluding carboxylic acids is 1. The average molecular weight is 390 g/mol. The molecule has 1 aliphatic rings. The minimum Gasteiger partial charge on any atom is -0.324 e. The van der Waals surface area contributed by atoms with E-state index in [1.165, 1.54) is 25.1 Å². The summed E-state index contributed by atoms with van der Waals surface area (Å²) in [6, 6.07) is 8.14. The van der Waals surface area contributed by atoms with Gasteiger partial charge in [0.05, 0.1) is 18.2 Å². The number of rotatable bonds is 3. The van der Waals surface area contributed by atoms with E-state index in [4.69, 9.17) is 6.57 Å². The van der Waals surface area contributed by atoms with E-state index in [1.807, 2.05) is 0 Å². The van der Waals surface area contributed by atoms with Crippen LogP contribution in [-0.4, -0.2) is 11.4 Å². The summed E-state index contributed by atoms with van der Waals surface area (Å²) in [6.45, 7) is 8.37. The molecule has 0 spiro atoms. The summed E-state index contributed by atoms with van der Waals surface area (Å²) in [4.78, 5) is 15.5. The Bertz CT molecular complexity index is 979. The van der Waals surface area contributed by atoms with E-state index in [0.717, 1.165) is 12.1 Å². The number of amides is 1. The Morgan fingerprint density at radius 1 is 1.25 bits per heavy atom. The minimum atomic E-state index is -4.72. The summed E-state index contributed by atoms with van der Waals surface area (Å²) in [6.07, 6.45) is -4.53. The number of benzene rings is 2. The van der Waals surface area contributed by atoms with Crippen molar-refractivity contribution in [3.8, 4) is 0 Å². The monoisotopic (exact) mass is 390 g/mol. The molecule has 0 aromatic heterocycles. The molecule has 2 aromatic carbocycles. The molecule has 2 unspecified atom stereocenters. The van der Waals surface area contributed by atoms with Gasteiger partial charge in [0.25, 0.3) is 5.91 Å². The van der Waals surface area contributed by atoms with Crippen LogP contribution in [0.4, 0.5) is 28.9 Å². The highest BCUT2D eigenvalue weighted by Gasteiger charge is 2.41. The van der Waals surface area contributed by atoms with Crippen molar-refractivity contribution in [2.45, 2.75) is 31.1 Å². The van der Waals surface area contributed by atoms with Crippen molar-refractivity contribution >= 4 is 17.3 Å². The highest BCUT2D eigenvalue weighted by Crippen LogP contribution is 2.40. The highest BCUT2D eigenvalue weighted by molar-refractivity contribution is 5.98. The molecule has 9 heteroatoms. The lowest BCUT2D eigenvalue weighted by Gasteiger charge is -2.20. The fraction of sp³-hybridized carbons (Fsp3) is 0.263. The van der Waals surface area contributed by atoms with Gasteiger partial charge in [-0.05, 0) is 36.8 Å². The van der Waals surface area contributed by atoms with Crippen LogP contribution in [0.1, 0.15) is 30.5 Å². The second-order valence-corrected chi connectivity index (χ2v) is 6.56. The van der Waals surface area contributed by atoms with E-state index in [0.29, 0.717) is 5.56 Å². The number of hydrogen-bond donors (Lipinski definition) is 1. The summed E-state index contributed by atoms with van der Waals surface area (Å²) >= 11 is 0. The molecule has 144 valence electrons. The van der Waals surface area contributed by atoms with Gasteiger partial charge in [-0.3, -0.25) is 4.79 Å². The Morgan fingerprint density at radius 2 is 1.93 bits per heavy atom. The summed E-state index contributed by atoms with van der Waals surface area (Å²) < 4.78 is 52.3. The Morgan fingerprint density at radius 3 is 2.54 bits per heavy atom. The predicted octanol–water partition coefficient (Wildman–Crippen LogP) is 5.69. The van der Waals surface area contributed by atoms with E-state index in [2.05, 4.69) is 20.4 Å². The minimum absolute atomic E-state index is 0.0913. The lowest BCUT2D eigenvalue weighted by atomic mass is 9.91. The van der Waals surface area contributed by atoms with E-state index in [9.17, 15) is 22.4 Å². The van der Waals surface area contributed by atoms with Gasteiger partial charge in [-0.15, -0.1) is 0 Å². The van der Waals surface area contributed by atoms with Crippen molar-refractivity contribution in [2.75, 3.05) is 5.32 Å². The SMILES string of the molecule is [C-]#[N+]c1ccc(NC(=O)C2(C)CC(c3ccc(F)cc3)N=N2)cc1C(F)(F)F. The first kappa shape index (κ1) is 19.5. The standard InChI is InChI=1S/C19H14F4N4O/c1-18(10-16(26-27-18)11-3-5-12(20)6-4-11)17(28)25-13-7-8-15(24-2)14(9-13)19(21,22)23/h3-9,16H,10H2,1H3,(H,25,28). The zero-order chi connectivity index (χ0) is 20.5. The molecule has 0 aliphatic carbocycles. The Hall–Kier alpha value is -3.28. The van der Waals surface area contributed by atoms with Crippen LogP contribution in [0, 0.1) is 12.4 Å². The van der Waals surface area contributed by atoms with Crippen LogP contribution in [0.15, 0.2) is 52.7 Å². The quantitative estimate of drug-likeness (QED) is 0.531. The van der Waals surface area contributed by atoms with E-state index < -0.39 is 40.7 Å². The Kier molecular flexibility index (Phi) is 4.89. The van der Waals surface area contributed by atoms with Crippen molar-refractivity contribution in [2.24, 2.45) is 10.2 Å². The number of hydrogen-bond acceptors (Lipinski definition) is 3. The van der Waals surface area contributed by atoms with Gasteiger partial charge in [-0.2, -0.15) is 23.4 Å². The predicted molar refractivity (Wildman–Crippen MR) is 93.4 cm³/mol. The molecule has 1 heterocycles. The second kappa shape index (κ2) is 7.03. The summed E-state index contributed by atoms with van der Waals surface area (Å²) in [5, 5.41) is 10.5. The number of halogens is 4. The first-order chi connectivity index (χ1) is 13.1. The molecule has 0 saturated heterocycles. The first-order valence-corrected chi connectivity index (χ1v) is 8.20. The van der Waals surface area contributed by atoms with Crippen LogP contribution < -0.4 is 5.32 Å². The third-order valence-electron chi connectivity index (χ3n) is 4.43. The van der Waals surface area contributed by atoms with Crippen molar-refractivity contribution < 1.29 is 22.4 Å². The lowest BCUT2D eigenvalue weighted by Crippen LogP contribution is -2.37. The largest absolute Gasteiger partial charge is 0.407 e. The molecule has 0 bridgehead atoms. The summed E-state index contributed by atoms with van der Waals surface area (Å²) in [5.74, 6) is -1.02. The van der Waals surface area contributed by atoms with Crippen LogP contribution in [0.3, 0.4) is 0 Å². The normalized spacial score (nSPS) is 21.4. The average Bonchev–Trinajstić information content (AvgIpc) is 3.05. The van der Waals surface area contributed by atoms with Gasteiger partial charge < -0.3 is 5.32 Å². The maximum absolute atomic E-state index is 13.1. The number of carbonyl (C=O) groups is 1. The number of azo groups is 1. The number of anilines is 1. The van der Waals surface area contributed by atoms with Crippen molar-refractivity contribution in [3.05, 3.63) is 70.8 Å². The molecule has 0 saturated carbocycles. The van der Waals surface area contributed by atoms with E-state index in [1.54, 1.807) is 12.1 Å². The molecule has 2 atom stereocenters. The van der Waals surface area contributed by atoms with Crippen LogP contribution in [0.2, 0.25) is 0 Å². The molecule has 5 nitrogen and oxygen atoms in total. The Labute approximate surface area is 157 Å². The van der Waals surface area contributed by atoms with Crippen molar-refractivity contribution in [3.63, 3.8) is 0 Å². The highest BCUT2D eigenvalue weighted by atomic mass is 19.4. The van der Waals surface area contributed by atoms with Gasteiger partial charge >= 0.3 is 6.18 Å². The second-order valence-electron chi connectivity index (χ2n) is 6.56. The maximum atomic E-state index is 13.1. The van der Waals surface area contributed by atoms with Gasteiger partial charge in [-0.1, -0.05) is 18.2 Å². The third kappa shape index (κ3) is 3.86. The van der Waals surface area contributed by atoms with Gasteiger partial charge in [0.15, 0.2) is 11.2 Å². The van der Waals surface area contributed by atoms with Crippen LogP contribution in [0.25, 0.3) is 4.85 Å². The van der Waals surface area contributed by atoms with Gasteiger partial charge in [0, 0.05) is 12.1 Å². The van der Waals surface area contributed by atoms with Crippen LogP contribution >= 0.6 is 0 Å².